The lowest BCUT2D eigenvalue weighted by atomic mass is 9.86. The molecule has 0 spiro atoms. The number of amides is 1. The average molecular weight is 407 g/mol. The van der Waals surface area contributed by atoms with Crippen molar-refractivity contribution in [1.82, 2.24) is 14.8 Å². The van der Waals surface area contributed by atoms with Crippen molar-refractivity contribution in [3.05, 3.63) is 34.6 Å². The molecule has 5 nitrogen and oxygen atoms in total. The number of nitrogens with one attached hydrogen (secondary N) is 1. The highest BCUT2D eigenvalue weighted by Crippen LogP contribution is 2.28. The van der Waals surface area contributed by atoms with Crippen LogP contribution < -0.4 is 5.32 Å². The Labute approximate surface area is 170 Å². The van der Waals surface area contributed by atoms with Gasteiger partial charge in [-0.3, -0.25) is 4.79 Å². The van der Waals surface area contributed by atoms with E-state index in [0.29, 0.717) is 10.8 Å². The van der Waals surface area contributed by atoms with Crippen LogP contribution in [0.3, 0.4) is 0 Å². The van der Waals surface area contributed by atoms with E-state index in [2.05, 4.69) is 15.5 Å². The SMILES string of the molecule is Cc1c(Cl)cccc1NC(=O)CSc1nnc(CCC2CCCCC2)n1C. The molecule has 1 saturated carbocycles. The standard InChI is InChI=1S/C20H27ClN4OS/c1-14-16(21)9-6-10-17(14)22-19(26)13-27-20-24-23-18(25(20)2)12-11-15-7-4-3-5-8-15/h6,9-10,15H,3-5,7-8,11-13H2,1-2H3,(H,22,26). The maximum atomic E-state index is 12.3. The van der Waals surface area contributed by atoms with Gasteiger partial charge in [0.25, 0.3) is 0 Å². The van der Waals surface area contributed by atoms with Crippen LogP contribution in [0.2, 0.25) is 5.02 Å². The van der Waals surface area contributed by atoms with Crippen molar-refractivity contribution >= 4 is 35.0 Å². The van der Waals surface area contributed by atoms with Crippen LogP contribution in [0.25, 0.3) is 0 Å². The number of hydrogen-bond donors (Lipinski definition) is 1. The number of thioether (sulfide) groups is 1. The third kappa shape index (κ3) is 5.48. The van der Waals surface area contributed by atoms with E-state index >= 15 is 0 Å². The Morgan fingerprint density at radius 2 is 2.07 bits per heavy atom. The van der Waals surface area contributed by atoms with Crippen molar-refractivity contribution in [3.8, 4) is 0 Å². The van der Waals surface area contributed by atoms with Crippen LogP contribution in [-0.2, 0) is 18.3 Å². The van der Waals surface area contributed by atoms with E-state index in [9.17, 15) is 4.79 Å². The van der Waals surface area contributed by atoms with Crippen molar-refractivity contribution < 1.29 is 4.79 Å². The summed E-state index contributed by atoms with van der Waals surface area (Å²) in [6.07, 6.45) is 8.97. The predicted molar refractivity (Wildman–Crippen MR) is 111 cm³/mol. The van der Waals surface area contributed by atoms with Crippen LogP contribution in [-0.4, -0.2) is 26.4 Å². The van der Waals surface area contributed by atoms with Gasteiger partial charge in [0, 0.05) is 24.2 Å². The molecule has 1 aliphatic rings. The fourth-order valence-electron chi connectivity index (χ4n) is 3.56. The van der Waals surface area contributed by atoms with Gasteiger partial charge in [-0.15, -0.1) is 10.2 Å². The van der Waals surface area contributed by atoms with E-state index < -0.39 is 0 Å². The van der Waals surface area contributed by atoms with Gasteiger partial charge >= 0.3 is 0 Å². The molecule has 0 aliphatic heterocycles. The van der Waals surface area contributed by atoms with Gasteiger partial charge in [0.2, 0.25) is 5.91 Å². The number of rotatable bonds is 7. The number of hydrogen-bond acceptors (Lipinski definition) is 4. The minimum Gasteiger partial charge on any atom is -0.325 e. The predicted octanol–water partition coefficient (Wildman–Crippen LogP) is 5.02. The van der Waals surface area contributed by atoms with E-state index in [1.165, 1.54) is 50.3 Å². The molecule has 0 saturated heterocycles. The second kappa shape index (κ2) is 9.60. The van der Waals surface area contributed by atoms with Crippen LogP contribution in [0.4, 0.5) is 5.69 Å². The summed E-state index contributed by atoms with van der Waals surface area (Å²) in [6, 6.07) is 5.50. The fraction of sp³-hybridized carbons (Fsp3) is 0.550. The highest BCUT2D eigenvalue weighted by atomic mass is 35.5. The van der Waals surface area contributed by atoms with Gasteiger partial charge in [-0.1, -0.05) is 61.5 Å². The monoisotopic (exact) mass is 406 g/mol. The lowest BCUT2D eigenvalue weighted by Gasteiger charge is -2.20. The number of anilines is 1. The fourth-order valence-corrected chi connectivity index (χ4v) is 4.46. The summed E-state index contributed by atoms with van der Waals surface area (Å²) >= 11 is 7.51. The first-order valence-corrected chi connectivity index (χ1v) is 11.0. The molecule has 0 unspecified atom stereocenters. The summed E-state index contributed by atoms with van der Waals surface area (Å²) in [4.78, 5) is 12.3. The molecule has 1 N–H and O–H groups in total. The van der Waals surface area contributed by atoms with Crippen molar-refractivity contribution in [3.63, 3.8) is 0 Å². The normalized spacial score (nSPS) is 15.1. The van der Waals surface area contributed by atoms with Gasteiger partial charge in [0.05, 0.1) is 5.75 Å². The Morgan fingerprint density at radius 3 is 2.85 bits per heavy atom. The zero-order chi connectivity index (χ0) is 19.2. The van der Waals surface area contributed by atoms with Crippen LogP contribution in [0.5, 0.6) is 0 Å². The number of nitrogens with zero attached hydrogens (tertiary/aromatic N) is 3. The molecule has 1 aromatic carbocycles. The largest absolute Gasteiger partial charge is 0.325 e. The second-order valence-corrected chi connectivity index (χ2v) is 8.60. The van der Waals surface area contributed by atoms with Gasteiger partial charge in [-0.2, -0.15) is 0 Å². The molecule has 27 heavy (non-hydrogen) atoms. The summed E-state index contributed by atoms with van der Waals surface area (Å²) in [6.45, 7) is 1.90. The minimum absolute atomic E-state index is 0.0721. The quantitative estimate of drug-likeness (QED) is 0.655. The summed E-state index contributed by atoms with van der Waals surface area (Å²) in [5, 5.41) is 12.9. The second-order valence-electron chi connectivity index (χ2n) is 7.25. The molecular weight excluding hydrogens is 380 g/mol. The Balaban J connectivity index is 1.50. The summed E-state index contributed by atoms with van der Waals surface area (Å²) < 4.78 is 2.02. The molecule has 2 aromatic rings. The number of halogens is 1. The van der Waals surface area contributed by atoms with Crippen LogP contribution in [0, 0.1) is 12.8 Å². The van der Waals surface area contributed by atoms with E-state index in [1.807, 2.05) is 36.7 Å². The van der Waals surface area contributed by atoms with Crippen LogP contribution >= 0.6 is 23.4 Å². The highest BCUT2D eigenvalue weighted by Gasteiger charge is 2.16. The minimum atomic E-state index is -0.0721. The summed E-state index contributed by atoms with van der Waals surface area (Å²) in [5.74, 6) is 2.06. The average Bonchev–Trinajstić information content (AvgIpc) is 3.03. The lowest BCUT2D eigenvalue weighted by molar-refractivity contribution is -0.113. The Morgan fingerprint density at radius 1 is 1.30 bits per heavy atom. The first kappa shape index (κ1) is 20.2. The lowest BCUT2D eigenvalue weighted by Crippen LogP contribution is -2.15. The van der Waals surface area contributed by atoms with Crippen molar-refractivity contribution in [2.45, 2.75) is 57.0 Å². The topological polar surface area (TPSA) is 59.8 Å². The molecule has 7 heteroatoms. The van der Waals surface area contributed by atoms with E-state index in [0.717, 1.165) is 34.6 Å². The molecule has 1 heterocycles. The van der Waals surface area contributed by atoms with Gasteiger partial charge < -0.3 is 9.88 Å². The van der Waals surface area contributed by atoms with Gasteiger partial charge in [0.15, 0.2) is 5.16 Å². The summed E-state index contributed by atoms with van der Waals surface area (Å²) in [7, 11) is 1.98. The zero-order valence-corrected chi connectivity index (χ0v) is 17.6. The number of aryl methyl sites for hydroxylation is 1. The molecular formula is C20H27ClN4OS. The van der Waals surface area contributed by atoms with Crippen LogP contribution in [0.15, 0.2) is 23.4 Å². The summed E-state index contributed by atoms with van der Waals surface area (Å²) in [5.41, 5.74) is 1.63. The van der Waals surface area contributed by atoms with Gasteiger partial charge in [-0.25, -0.2) is 0 Å². The maximum Gasteiger partial charge on any atom is 0.234 e. The number of carbonyl (C=O) groups excluding carboxylic acids is 1. The Hall–Kier alpha value is -1.53. The highest BCUT2D eigenvalue weighted by molar-refractivity contribution is 7.99. The van der Waals surface area contributed by atoms with E-state index in [1.54, 1.807) is 0 Å². The van der Waals surface area contributed by atoms with Crippen LogP contribution in [0.1, 0.15) is 49.9 Å². The third-order valence-electron chi connectivity index (χ3n) is 5.30. The first-order chi connectivity index (χ1) is 13.0. The number of benzene rings is 1. The number of aromatic nitrogens is 3. The van der Waals surface area contributed by atoms with Crippen molar-refractivity contribution in [2.75, 3.05) is 11.1 Å². The Kier molecular flexibility index (Phi) is 7.19. The molecule has 1 amide bonds. The molecule has 146 valence electrons. The van der Waals surface area contributed by atoms with Crippen molar-refractivity contribution in [2.24, 2.45) is 13.0 Å². The molecule has 1 aromatic heterocycles. The smallest absolute Gasteiger partial charge is 0.234 e. The van der Waals surface area contributed by atoms with E-state index in [-0.39, 0.29) is 5.91 Å². The zero-order valence-electron chi connectivity index (χ0n) is 16.0. The molecule has 1 fully saturated rings. The molecule has 1 aliphatic carbocycles. The maximum absolute atomic E-state index is 12.3. The van der Waals surface area contributed by atoms with E-state index in [4.69, 9.17) is 11.6 Å². The molecule has 3 rings (SSSR count). The van der Waals surface area contributed by atoms with Gasteiger partial charge in [-0.05, 0) is 37.0 Å². The number of carbonyl (C=O) groups is 1. The molecule has 0 bridgehead atoms. The molecule has 0 radical (unpaired) electrons. The van der Waals surface area contributed by atoms with Crippen molar-refractivity contribution in [1.29, 1.82) is 0 Å². The molecule has 0 atom stereocenters. The Bertz CT molecular complexity index is 786. The first-order valence-electron chi connectivity index (χ1n) is 9.60. The third-order valence-corrected chi connectivity index (χ3v) is 6.73. The van der Waals surface area contributed by atoms with Gasteiger partial charge in [0.1, 0.15) is 5.82 Å².